The van der Waals surface area contributed by atoms with Gasteiger partial charge in [0.15, 0.2) is 0 Å². The van der Waals surface area contributed by atoms with Gasteiger partial charge >= 0.3 is 0 Å². The molecule has 0 aliphatic rings. The Kier molecular flexibility index (Phi) is 4.28. The maximum Gasteiger partial charge on any atom is 0.296 e. The van der Waals surface area contributed by atoms with Crippen LogP contribution in [-0.2, 0) is 0 Å². The number of aryl methyl sites for hydroxylation is 1. The van der Waals surface area contributed by atoms with E-state index in [1.54, 1.807) is 24.9 Å². The second-order valence-electron chi connectivity index (χ2n) is 3.75. The van der Waals surface area contributed by atoms with Crippen LogP contribution in [0.1, 0.15) is 11.3 Å². The average molecular weight is 292 g/mol. The zero-order chi connectivity index (χ0) is 13.8. The molecule has 0 radical (unpaired) electrons. The number of aromatic nitrogens is 3. The molecule has 0 aliphatic carbocycles. The largest absolute Gasteiger partial charge is 0.296 e. The number of hydrogen-bond acceptors (Lipinski definition) is 5. The van der Waals surface area contributed by atoms with Crippen LogP contribution in [0, 0.1) is 11.7 Å². The van der Waals surface area contributed by atoms with Gasteiger partial charge in [0.2, 0.25) is 4.77 Å². The number of rotatable bonds is 3. The van der Waals surface area contributed by atoms with E-state index < -0.39 is 0 Å². The molecule has 1 heterocycles. The molecular weight excluding hydrogens is 280 g/mol. The predicted molar refractivity (Wildman–Crippen MR) is 79.6 cm³/mol. The summed E-state index contributed by atoms with van der Waals surface area (Å²) in [5, 5.41) is 10.4. The molecule has 0 atom stereocenters. The lowest BCUT2D eigenvalue weighted by Crippen LogP contribution is -2.22. The highest BCUT2D eigenvalue weighted by Gasteiger charge is 2.00. The number of hydrogen-bond donors (Lipinski definition) is 1. The van der Waals surface area contributed by atoms with Crippen LogP contribution in [0.15, 0.2) is 39.1 Å². The second kappa shape index (κ2) is 5.94. The van der Waals surface area contributed by atoms with E-state index in [1.165, 1.54) is 4.90 Å². The summed E-state index contributed by atoms with van der Waals surface area (Å²) in [6.45, 7) is 1.60. The molecule has 19 heavy (non-hydrogen) atoms. The molecule has 0 unspecified atom stereocenters. The molecule has 2 rings (SSSR count). The van der Waals surface area contributed by atoms with Crippen molar-refractivity contribution in [2.24, 2.45) is 5.10 Å². The smallest absolute Gasteiger partial charge is 0.265 e. The number of thioether (sulfide) groups is 1. The third kappa shape index (κ3) is 3.18. The van der Waals surface area contributed by atoms with E-state index in [0.29, 0.717) is 5.69 Å². The van der Waals surface area contributed by atoms with E-state index in [-0.39, 0.29) is 10.3 Å². The Morgan fingerprint density at radius 3 is 2.74 bits per heavy atom. The molecule has 1 N–H and O–H groups in total. The molecule has 0 spiro atoms. The van der Waals surface area contributed by atoms with Crippen molar-refractivity contribution in [3.05, 3.63) is 50.6 Å². The summed E-state index contributed by atoms with van der Waals surface area (Å²) in [4.78, 5) is 13.0. The van der Waals surface area contributed by atoms with Gasteiger partial charge < -0.3 is 0 Å². The van der Waals surface area contributed by atoms with Crippen LogP contribution in [0.5, 0.6) is 0 Å². The van der Waals surface area contributed by atoms with Gasteiger partial charge in [-0.3, -0.25) is 9.89 Å². The van der Waals surface area contributed by atoms with Gasteiger partial charge in [-0.05, 0) is 43.1 Å². The van der Waals surface area contributed by atoms with Gasteiger partial charge in [-0.25, -0.2) is 0 Å². The first-order chi connectivity index (χ1) is 9.11. The minimum Gasteiger partial charge on any atom is -0.265 e. The highest BCUT2D eigenvalue weighted by molar-refractivity contribution is 7.98. The summed E-state index contributed by atoms with van der Waals surface area (Å²) in [5.74, 6) is 0. The Morgan fingerprint density at radius 2 is 2.11 bits per heavy atom. The number of nitrogens with one attached hydrogen (secondary N) is 1. The van der Waals surface area contributed by atoms with Crippen molar-refractivity contribution in [1.82, 2.24) is 14.9 Å². The number of aromatic amines is 1. The van der Waals surface area contributed by atoms with Gasteiger partial charge in [-0.2, -0.15) is 14.9 Å². The molecule has 5 nitrogen and oxygen atoms in total. The summed E-state index contributed by atoms with van der Waals surface area (Å²) < 4.78 is 1.30. The van der Waals surface area contributed by atoms with Crippen molar-refractivity contribution >= 4 is 30.2 Å². The third-order valence-electron chi connectivity index (χ3n) is 2.45. The van der Waals surface area contributed by atoms with Gasteiger partial charge in [0.1, 0.15) is 5.69 Å². The van der Waals surface area contributed by atoms with Crippen molar-refractivity contribution in [2.45, 2.75) is 11.8 Å². The first-order valence-electron chi connectivity index (χ1n) is 5.48. The topological polar surface area (TPSA) is 63.0 Å². The first-order valence-corrected chi connectivity index (χ1v) is 7.12. The quantitative estimate of drug-likeness (QED) is 0.535. The van der Waals surface area contributed by atoms with Crippen LogP contribution in [0.4, 0.5) is 0 Å². The van der Waals surface area contributed by atoms with Gasteiger partial charge in [-0.1, -0.05) is 12.1 Å². The highest BCUT2D eigenvalue weighted by Crippen LogP contribution is 2.13. The van der Waals surface area contributed by atoms with Gasteiger partial charge in [-0.15, -0.1) is 11.8 Å². The first kappa shape index (κ1) is 13.7. The molecule has 0 bridgehead atoms. The van der Waals surface area contributed by atoms with Crippen LogP contribution in [-0.4, -0.2) is 27.3 Å². The molecule has 2 aromatic rings. The SMILES string of the molecule is CSc1ccc(C=Nn2c(=S)[nH]nc(C)c2=O)cc1. The summed E-state index contributed by atoms with van der Waals surface area (Å²) in [6, 6.07) is 7.85. The van der Waals surface area contributed by atoms with E-state index in [2.05, 4.69) is 15.3 Å². The van der Waals surface area contributed by atoms with Gasteiger partial charge in [0.05, 0.1) is 6.21 Å². The van der Waals surface area contributed by atoms with Crippen molar-refractivity contribution < 1.29 is 0 Å². The van der Waals surface area contributed by atoms with Crippen LogP contribution >= 0.6 is 24.0 Å². The highest BCUT2D eigenvalue weighted by atomic mass is 32.2. The van der Waals surface area contributed by atoms with E-state index in [9.17, 15) is 4.79 Å². The fourth-order valence-corrected chi connectivity index (χ4v) is 1.98. The molecule has 7 heteroatoms. The lowest BCUT2D eigenvalue weighted by Gasteiger charge is -1.99. The van der Waals surface area contributed by atoms with Crippen molar-refractivity contribution in [2.75, 3.05) is 6.26 Å². The molecule has 1 aromatic heterocycles. The van der Waals surface area contributed by atoms with Crippen LogP contribution in [0.2, 0.25) is 0 Å². The fraction of sp³-hybridized carbons (Fsp3) is 0.167. The van der Waals surface area contributed by atoms with Crippen molar-refractivity contribution in [3.63, 3.8) is 0 Å². The summed E-state index contributed by atoms with van der Waals surface area (Å²) in [7, 11) is 0. The standard InChI is InChI=1S/C12H12N4OS2/c1-8-11(17)16(12(18)15-14-8)13-7-9-3-5-10(19-2)6-4-9/h3-7H,1-2H3,(H,15,18). The Balaban J connectivity index is 2.35. The van der Waals surface area contributed by atoms with Crippen LogP contribution < -0.4 is 5.56 Å². The van der Waals surface area contributed by atoms with Crippen LogP contribution in [0.3, 0.4) is 0 Å². The molecule has 1 aromatic carbocycles. The Bertz CT molecular complexity index is 716. The summed E-state index contributed by atoms with van der Waals surface area (Å²) in [6.07, 6.45) is 3.61. The number of nitrogens with zero attached hydrogens (tertiary/aromatic N) is 3. The molecule has 0 amide bonds. The monoisotopic (exact) mass is 292 g/mol. The molecule has 0 saturated carbocycles. The second-order valence-corrected chi connectivity index (χ2v) is 5.02. The van der Waals surface area contributed by atoms with Crippen LogP contribution in [0.25, 0.3) is 0 Å². The lowest BCUT2D eigenvalue weighted by molar-refractivity contribution is 0.720. The van der Waals surface area contributed by atoms with Gasteiger partial charge in [0, 0.05) is 4.90 Å². The van der Waals surface area contributed by atoms with E-state index in [0.717, 1.165) is 10.2 Å². The molecule has 98 valence electrons. The average Bonchev–Trinajstić information content (AvgIpc) is 2.44. The third-order valence-corrected chi connectivity index (χ3v) is 3.46. The lowest BCUT2D eigenvalue weighted by atomic mass is 10.2. The molecule has 0 fully saturated rings. The number of H-pyrrole nitrogens is 1. The van der Waals surface area contributed by atoms with Crippen molar-refractivity contribution in [3.8, 4) is 0 Å². The van der Waals surface area contributed by atoms with Crippen molar-refractivity contribution in [1.29, 1.82) is 0 Å². The van der Waals surface area contributed by atoms with E-state index in [4.69, 9.17) is 12.2 Å². The normalized spacial score (nSPS) is 11.1. The Morgan fingerprint density at radius 1 is 1.42 bits per heavy atom. The predicted octanol–water partition coefficient (Wildman–Crippen LogP) is 2.21. The molecule has 0 aliphatic heterocycles. The zero-order valence-corrected chi connectivity index (χ0v) is 12.1. The van der Waals surface area contributed by atoms with Gasteiger partial charge in [0.25, 0.3) is 5.56 Å². The molecular formula is C12H12N4OS2. The fourth-order valence-electron chi connectivity index (χ4n) is 1.39. The minimum absolute atomic E-state index is 0.174. The summed E-state index contributed by atoms with van der Waals surface area (Å²) >= 11 is 6.65. The summed E-state index contributed by atoms with van der Waals surface area (Å²) in [5.41, 5.74) is 0.901. The Labute approximate surface area is 119 Å². The van der Waals surface area contributed by atoms with E-state index in [1.807, 2.05) is 30.5 Å². The minimum atomic E-state index is -0.319. The zero-order valence-electron chi connectivity index (χ0n) is 10.5. The maximum absolute atomic E-state index is 11.8. The molecule has 0 saturated heterocycles. The number of benzene rings is 1. The maximum atomic E-state index is 11.8. The Hall–Kier alpha value is -1.73. The van der Waals surface area contributed by atoms with E-state index >= 15 is 0 Å².